The van der Waals surface area contributed by atoms with Crippen LogP contribution in [0.2, 0.25) is 0 Å². The summed E-state index contributed by atoms with van der Waals surface area (Å²) < 4.78 is 103. The molecule has 0 heterocycles. The highest BCUT2D eigenvalue weighted by Crippen LogP contribution is 2.33. The molecule has 1 aromatic rings. The van der Waals surface area contributed by atoms with Gasteiger partial charge in [0.15, 0.2) is 9.84 Å². The van der Waals surface area contributed by atoms with E-state index in [9.17, 15) is 39.6 Å². The lowest BCUT2D eigenvalue weighted by molar-refractivity contribution is -0.143. The predicted octanol–water partition coefficient (Wildman–Crippen LogP) is 3.63. The molecular formula is C13H12F6O4S. The smallest absolute Gasteiger partial charge is 0.416 e. The average molecular weight is 378 g/mol. The summed E-state index contributed by atoms with van der Waals surface area (Å²) in [7, 11) is -4.60. The number of rotatable bonds is 5. The summed E-state index contributed by atoms with van der Waals surface area (Å²) >= 11 is 0. The van der Waals surface area contributed by atoms with E-state index in [2.05, 4.69) is 4.74 Å². The molecule has 0 saturated carbocycles. The molecule has 0 fully saturated rings. The lowest BCUT2D eigenvalue weighted by Gasteiger charge is -2.19. The van der Waals surface area contributed by atoms with Gasteiger partial charge in [-0.1, -0.05) is 12.1 Å². The summed E-state index contributed by atoms with van der Waals surface area (Å²) in [6.45, 7) is 0.830. The molecule has 0 aliphatic heterocycles. The van der Waals surface area contributed by atoms with E-state index in [1.54, 1.807) is 0 Å². The fraction of sp³-hybridized carbons (Fsp3) is 0.462. The number of hydrogen-bond donors (Lipinski definition) is 0. The van der Waals surface area contributed by atoms with Gasteiger partial charge in [-0.25, -0.2) is 8.42 Å². The zero-order valence-electron chi connectivity index (χ0n) is 12.1. The Kier molecular flexibility index (Phi) is 5.91. The molecule has 0 aliphatic carbocycles. The summed E-state index contributed by atoms with van der Waals surface area (Å²) in [6.07, 6.45) is -11.1. The normalized spacial score (nSPS) is 14.3. The number of sulfone groups is 1. The Morgan fingerprint density at radius 1 is 1.08 bits per heavy atom. The van der Waals surface area contributed by atoms with Crippen LogP contribution in [0, 0.1) is 0 Å². The SMILES string of the molecule is CC(=O)OC(c1ccc(C(F)(F)F)cc1)S(=O)(=O)CCC(F)(F)F. The van der Waals surface area contributed by atoms with Gasteiger partial charge in [0, 0.05) is 12.5 Å². The first kappa shape index (κ1) is 20.3. The average Bonchev–Trinajstić information content (AvgIpc) is 2.41. The molecule has 0 spiro atoms. The lowest BCUT2D eigenvalue weighted by Crippen LogP contribution is -2.24. The van der Waals surface area contributed by atoms with Crippen LogP contribution in [0.1, 0.15) is 29.9 Å². The first-order valence-corrected chi connectivity index (χ1v) is 8.06. The monoisotopic (exact) mass is 378 g/mol. The summed E-state index contributed by atoms with van der Waals surface area (Å²) in [5.41, 5.74) is -3.57. The molecular weight excluding hydrogens is 366 g/mol. The summed E-state index contributed by atoms with van der Waals surface area (Å²) in [5, 5.41) is 0. The van der Waals surface area contributed by atoms with Crippen molar-refractivity contribution < 1.29 is 44.3 Å². The highest BCUT2D eigenvalue weighted by molar-refractivity contribution is 7.91. The number of carbonyl (C=O) groups is 1. The van der Waals surface area contributed by atoms with Gasteiger partial charge in [0.2, 0.25) is 5.44 Å². The Hall–Kier alpha value is -1.78. The van der Waals surface area contributed by atoms with E-state index < -0.39 is 51.3 Å². The molecule has 1 atom stereocenters. The number of alkyl halides is 6. The zero-order valence-corrected chi connectivity index (χ0v) is 12.9. The summed E-state index contributed by atoms with van der Waals surface area (Å²) in [5.74, 6) is -2.47. The number of hydrogen-bond acceptors (Lipinski definition) is 4. The summed E-state index contributed by atoms with van der Waals surface area (Å²) in [4.78, 5) is 11.0. The minimum atomic E-state index is -4.76. The van der Waals surface area contributed by atoms with Gasteiger partial charge in [-0.05, 0) is 12.1 Å². The molecule has 0 N–H and O–H groups in total. The molecule has 4 nitrogen and oxygen atoms in total. The van der Waals surface area contributed by atoms with Crippen LogP contribution in [0.25, 0.3) is 0 Å². The van der Waals surface area contributed by atoms with Crippen molar-refractivity contribution in [2.45, 2.75) is 31.1 Å². The Morgan fingerprint density at radius 3 is 1.96 bits per heavy atom. The third kappa shape index (κ3) is 6.02. The van der Waals surface area contributed by atoms with Gasteiger partial charge < -0.3 is 4.74 Å². The van der Waals surface area contributed by atoms with Gasteiger partial charge in [-0.15, -0.1) is 0 Å². The first-order chi connectivity index (χ1) is 10.7. The maximum atomic E-state index is 12.5. The van der Waals surface area contributed by atoms with Crippen molar-refractivity contribution in [2.24, 2.45) is 0 Å². The standard InChI is InChI=1S/C13H12F6O4S/c1-8(20)23-11(24(21,22)7-6-12(14,15)16)9-2-4-10(5-3-9)13(17,18)19/h2-5,11H,6-7H2,1H3. The lowest BCUT2D eigenvalue weighted by atomic mass is 10.1. The van der Waals surface area contributed by atoms with Gasteiger partial charge in [0.25, 0.3) is 0 Å². The van der Waals surface area contributed by atoms with E-state index in [4.69, 9.17) is 0 Å². The van der Waals surface area contributed by atoms with Crippen LogP contribution in [0.5, 0.6) is 0 Å². The van der Waals surface area contributed by atoms with Gasteiger partial charge in [0.05, 0.1) is 17.7 Å². The van der Waals surface area contributed by atoms with E-state index >= 15 is 0 Å². The molecule has 0 saturated heterocycles. The van der Waals surface area contributed by atoms with Crippen molar-refractivity contribution in [3.8, 4) is 0 Å². The molecule has 1 rings (SSSR count). The number of carbonyl (C=O) groups excluding carboxylic acids is 1. The number of benzene rings is 1. The second-order valence-electron chi connectivity index (χ2n) is 4.79. The van der Waals surface area contributed by atoms with Crippen molar-refractivity contribution in [1.82, 2.24) is 0 Å². The van der Waals surface area contributed by atoms with Crippen LogP contribution in [0.4, 0.5) is 26.3 Å². The van der Waals surface area contributed by atoms with E-state index in [1.165, 1.54) is 0 Å². The van der Waals surface area contributed by atoms with Crippen LogP contribution in [-0.4, -0.2) is 26.3 Å². The zero-order chi connectivity index (χ0) is 18.8. The van der Waals surface area contributed by atoms with Crippen molar-refractivity contribution in [3.05, 3.63) is 35.4 Å². The van der Waals surface area contributed by atoms with Gasteiger partial charge in [0.1, 0.15) is 0 Å². The molecule has 0 aromatic heterocycles. The molecule has 1 aromatic carbocycles. The fourth-order valence-electron chi connectivity index (χ4n) is 1.69. The Balaban J connectivity index is 3.15. The maximum Gasteiger partial charge on any atom is 0.416 e. The molecule has 0 bridgehead atoms. The van der Waals surface area contributed by atoms with Crippen molar-refractivity contribution in [2.75, 3.05) is 5.75 Å². The fourth-order valence-corrected chi connectivity index (χ4v) is 3.28. The summed E-state index contributed by atoms with van der Waals surface area (Å²) in [6, 6.07) is 2.57. The minimum absolute atomic E-state index is 0.375. The molecule has 24 heavy (non-hydrogen) atoms. The largest absolute Gasteiger partial charge is 0.441 e. The van der Waals surface area contributed by atoms with Crippen LogP contribution >= 0.6 is 0 Å². The van der Waals surface area contributed by atoms with E-state index in [0.29, 0.717) is 12.1 Å². The topological polar surface area (TPSA) is 60.4 Å². The minimum Gasteiger partial charge on any atom is -0.441 e. The van der Waals surface area contributed by atoms with Crippen LogP contribution in [-0.2, 0) is 25.5 Å². The number of ether oxygens (including phenoxy) is 1. The number of halogens is 6. The van der Waals surface area contributed by atoms with Crippen molar-refractivity contribution >= 4 is 15.8 Å². The first-order valence-electron chi connectivity index (χ1n) is 6.35. The predicted molar refractivity (Wildman–Crippen MR) is 70.4 cm³/mol. The highest BCUT2D eigenvalue weighted by Gasteiger charge is 2.36. The van der Waals surface area contributed by atoms with Crippen LogP contribution in [0.15, 0.2) is 24.3 Å². The maximum absolute atomic E-state index is 12.5. The quantitative estimate of drug-likeness (QED) is 0.580. The second-order valence-corrected chi connectivity index (χ2v) is 6.96. The Labute approximate surface area is 133 Å². The highest BCUT2D eigenvalue weighted by atomic mass is 32.2. The van der Waals surface area contributed by atoms with Crippen LogP contribution in [0.3, 0.4) is 0 Å². The van der Waals surface area contributed by atoms with Gasteiger partial charge in [-0.3, -0.25) is 4.79 Å². The Morgan fingerprint density at radius 2 is 1.58 bits per heavy atom. The Bertz CT molecular complexity index is 676. The third-order valence-corrected chi connectivity index (χ3v) is 4.57. The van der Waals surface area contributed by atoms with Crippen LogP contribution < -0.4 is 0 Å². The van der Waals surface area contributed by atoms with Gasteiger partial charge >= 0.3 is 18.3 Å². The molecule has 0 aliphatic rings. The van der Waals surface area contributed by atoms with Crippen molar-refractivity contribution in [3.63, 3.8) is 0 Å². The molecule has 11 heteroatoms. The molecule has 1 unspecified atom stereocenters. The number of esters is 1. The third-order valence-electron chi connectivity index (χ3n) is 2.78. The van der Waals surface area contributed by atoms with Gasteiger partial charge in [-0.2, -0.15) is 26.3 Å². The van der Waals surface area contributed by atoms with E-state index in [-0.39, 0.29) is 5.56 Å². The van der Waals surface area contributed by atoms with Crippen molar-refractivity contribution in [1.29, 1.82) is 0 Å². The van der Waals surface area contributed by atoms with E-state index in [0.717, 1.165) is 19.1 Å². The molecule has 0 radical (unpaired) electrons. The molecule has 136 valence electrons. The molecule has 0 amide bonds. The second kappa shape index (κ2) is 6.99. The van der Waals surface area contributed by atoms with E-state index in [1.807, 2.05) is 0 Å².